The van der Waals surface area contributed by atoms with E-state index in [1.54, 1.807) is 19.0 Å². The molecule has 1 aromatic heterocycles. The molecule has 138 valence electrons. The number of carbonyl (C=O) groups is 3. The van der Waals surface area contributed by atoms with Crippen molar-refractivity contribution in [1.82, 2.24) is 20.1 Å². The molecule has 0 fully saturated rings. The van der Waals surface area contributed by atoms with Crippen LogP contribution in [0.5, 0.6) is 0 Å². The zero-order valence-corrected chi connectivity index (χ0v) is 15.3. The van der Waals surface area contributed by atoms with E-state index in [9.17, 15) is 14.4 Å². The van der Waals surface area contributed by atoms with Gasteiger partial charge < -0.3 is 20.1 Å². The van der Waals surface area contributed by atoms with Gasteiger partial charge in [-0.25, -0.2) is 0 Å². The first-order chi connectivity index (χ1) is 12.4. The van der Waals surface area contributed by atoms with Crippen LogP contribution in [0.4, 0.5) is 0 Å². The maximum absolute atomic E-state index is 12.4. The molecule has 3 rings (SSSR count). The summed E-state index contributed by atoms with van der Waals surface area (Å²) < 4.78 is 1.96. The first-order valence-electron chi connectivity index (χ1n) is 8.81. The number of aromatic nitrogens is 1. The van der Waals surface area contributed by atoms with Crippen molar-refractivity contribution in [1.29, 1.82) is 0 Å². The minimum Gasteiger partial charge on any atom is -0.359 e. The first-order valence-corrected chi connectivity index (χ1v) is 8.81. The number of hydrogen-bond donors (Lipinski definition) is 2. The first kappa shape index (κ1) is 18.0. The van der Waals surface area contributed by atoms with E-state index < -0.39 is 0 Å². The van der Waals surface area contributed by atoms with Gasteiger partial charge in [0.25, 0.3) is 5.91 Å². The van der Waals surface area contributed by atoms with E-state index in [0.717, 1.165) is 16.5 Å². The molecular weight excluding hydrogens is 332 g/mol. The summed E-state index contributed by atoms with van der Waals surface area (Å²) in [5.74, 6) is -0.142. The van der Waals surface area contributed by atoms with Gasteiger partial charge in [0.1, 0.15) is 5.69 Å². The quantitative estimate of drug-likeness (QED) is 0.841. The van der Waals surface area contributed by atoms with E-state index >= 15 is 0 Å². The summed E-state index contributed by atoms with van der Waals surface area (Å²) >= 11 is 0. The Morgan fingerprint density at radius 1 is 1.35 bits per heavy atom. The van der Waals surface area contributed by atoms with Crippen molar-refractivity contribution in [2.75, 3.05) is 27.2 Å². The van der Waals surface area contributed by atoms with Gasteiger partial charge in [0, 0.05) is 44.5 Å². The molecule has 7 heteroatoms. The Labute approximate surface area is 152 Å². The van der Waals surface area contributed by atoms with Crippen LogP contribution in [0.2, 0.25) is 0 Å². The molecule has 3 amide bonds. The third-order valence-corrected chi connectivity index (χ3v) is 4.95. The molecule has 2 N–H and O–H groups in total. The van der Waals surface area contributed by atoms with Crippen LogP contribution < -0.4 is 10.6 Å². The van der Waals surface area contributed by atoms with Crippen LogP contribution in [-0.2, 0) is 16.0 Å². The Balaban J connectivity index is 1.98. The molecule has 0 spiro atoms. The lowest BCUT2D eigenvalue weighted by Crippen LogP contribution is -2.41. The number of nitrogens with one attached hydrogen (secondary N) is 2. The van der Waals surface area contributed by atoms with Crippen molar-refractivity contribution in [3.05, 3.63) is 35.5 Å². The third kappa shape index (κ3) is 3.29. The highest BCUT2D eigenvalue weighted by Gasteiger charge is 2.29. The fraction of sp³-hybridized carbons (Fsp3) is 0.421. The normalized spacial score (nSPS) is 16.1. The molecule has 0 bridgehead atoms. The number of amides is 3. The lowest BCUT2D eigenvalue weighted by atomic mass is 10.1. The fourth-order valence-corrected chi connectivity index (χ4v) is 3.33. The lowest BCUT2D eigenvalue weighted by molar-refractivity contribution is -0.130. The largest absolute Gasteiger partial charge is 0.359 e. The van der Waals surface area contributed by atoms with Crippen LogP contribution in [0.15, 0.2) is 24.3 Å². The third-order valence-electron chi connectivity index (χ3n) is 4.95. The van der Waals surface area contributed by atoms with Gasteiger partial charge in [-0.3, -0.25) is 14.4 Å². The van der Waals surface area contributed by atoms with E-state index in [-0.39, 0.29) is 23.8 Å². The highest BCUT2D eigenvalue weighted by Crippen LogP contribution is 2.29. The zero-order valence-electron chi connectivity index (χ0n) is 15.3. The zero-order chi connectivity index (χ0) is 18.8. The van der Waals surface area contributed by atoms with Crippen LogP contribution >= 0.6 is 0 Å². The fourth-order valence-electron chi connectivity index (χ4n) is 3.33. The predicted octanol–water partition coefficient (Wildman–Crippen LogP) is 1.08. The number of likely N-dealkylation sites (N-methyl/N-ethyl adjacent to an activating group) is 1. The lowest BCUT2D eigenvalue weighted by Gasteiger charge is -2.28. The minimum atomic E-state index is -0.137. The van der Waals surface area contributed by atoms with Crippen molar-refractivity contribution in [2.24, 2.45) is 0 Å². The number of carbonyl (C=O) groups excluding carboxylic acids is 3. The van der Waals surface area contributed by atoms with Crippen LogP contribution in [-0.4, -0.2) is 54.4 Å². The van der Waals surface area contributed by atoms with Gasteiger partial charge in [-0.1, -0.05) is 6.07 Å². The Morgan fingerprint density at radius 2 is 2.12 bits per heavy atom. The molecular formula is C19H24N4O3. The van der Waals surface area contributed by atoms with E-state index in [2.05, 4.69) is 10.6 Å². The Morgan fingerprint density at radius 3 is 2.81 bits per heavy atom. The van der Waals surface area contributed by atoms with E-state index in [1.165, 1.54) is 0 Å². The molecule has 2 heterocycles. The monoisotopic (exact) mass is 356 g/mol. The second kappa shape index (κ2) is 7.19. The molecule has 1 unspecified atom stereocenters. The molecule has 0 radical (unpaired) electrons. The number of fused-ring (bicyclic) bond motifs is 3. The SMILES string of the molecule is CCN(C)C(=O)CC1CNC(=O)c2cc3cc(CC(=O)NC)ccc3n21. The molecule has 0 saturated heterocycles. The maximum Gasteiger partial charge on any atom is 0.268 e. The van der Waals surface area contributed by atoms with Crippen molar-refractivity contribution in [3.8, 4) is 0 Å². The van der Waals surface area contributed by atoms with E-state index in [4.69, 9.17) is 0 Å². The van der Waals surface area contributed by atoms with E-state index in [1.807, 2.05) is 35.8 Å². The second-order valence-electron chi connectivity index (χ2n) is 6.62. The molecule has 1 aromatic carbocycles. The average molecular weight is 356 g/mol. The van der Waals surface area contributed by atoms with Gasteiger partial charge in [0.2, 0.25) is 11.8 Å². The van der Waals surface area contributed by atoms with Gasteiger partial charge >= 0.3 is 0 Å². The van der Waals surface area contributed by atoms with Gasteiger partial charge in [-0.2, -0.15) is 0 Å². The van der Waals surface area contributed by atoms with Gasteiger partial charge in [-0.05, 0) is 30.7 Å². The summed E-state index contributed by atoms with van der Waals surface area (Å²) in [6.45, 7) is 3.02. The van der Waals surface area contributed by atoms with Crippen molar-refractivity contribution in [3.63, 3.8) is 0 Å². The topological polar surface area (TPSA) is 83.4 Å². The number of nitrogens with zero attached hydrogens (tertiary/aromatic N) is 2. The van der Waals surface area contributed by atoms with Crippen LogP contribution in [0, 0.1) is 0 Å². The standard InChI is InChI=1S/C19H24N4O3/c1-4-22(3)18(25)10-14-11-21-19(26)16-9-13-7-12(8-17(24)20-2)5-6-15(13)23(14)16/h5-7,9,14H,4,8,10-11H2,1-3H3,(H,20,24)(H,21,26). The van der Waals surface area contributed by atoms with Gasteiger partial charge in [0.15, 0.2) is 0 Å². The van der Waals surface area contributed by atoms with Crippen LogP contribution in [0.25, 0.3) is 10.9 Å². The number of rotatable bonds is 5. The molecule has 1 aliphatic rings. The number of benzene rings is 1. The van der Waals surface area contributed by atoms with Crippen molar-refractivity contribution >= 4 is 28.6 Å². The predicted molar refractivity (Wildman–Crippen MR) is 99.0 cm³/mol. The van der Waals surface area contributed by atoms with Crippen molar-refractivity contribution < 1.29 is 14.4 Å². The molecule has 1 atom stereocenters. The Hall–Kier alpha value is -2.83. The molecule has 2 aromatic rings. The summed E-state index contributed by atoms with van der Waals surface area (Å²) in [5, 5.41) is 6.39. The van der Waals surface area contributed by atoms with Crippen LogP contribution in [0.3, 0.4) is 0 Å². The Kier molecular flexibility index (Phi) is 4.97. The molecule has 7 nitrogen and oxygen atoms in total. The van der Waals surface area contributed by atoms with Gasteiger partial charge in [-0.15, -0.1) is 0 Å². The average Bonchev–Trinajstić information content (AvgIpc) is 3.02. The Bertz CT molecular complexity index is 871. The van der Waals surface area contributed by atoms with E-state index in [0.29, 0.717) is 31.6 Å². The summed E-state index contributed by atoms with van der Waals surface area (Å²) in [6, 6.07) is 7.47. The summed E-state index contributed by atoms with van der Waals surface area (Å²) in [5.41, 5.74) is 2.35. The van der Waals surface area contributed by atoms with Crippen LogP contribution in [0.1, 0.15) is 35.4 Å². The molecule has 0 aliphatic carbocycles. The molecule has 0 saturated carbocycles. The second-order valence-corrected chi connectivity index (χ2v) is 6.62. The van der Waals surface area contributed by atoms with Gasteiger partial charge in [0.05, 0.1) is 12.5 Å². The maximum atomic E-state index is 12.4. The minimum absolute atomic E-state index is 0.0534. The summed E-state index contributed by atoms with van der Waals surface area (Å²) in [4.78, 5) is 37.9. The smallest absolute Gasteiger partial charge is 0.268 e. The number of hydrogen-bond acceptors (Lipinski definition) is 3. The summed E-state index contributed by atoms with van der Waals surface area (Å²) in [6.07, 6.45) is 0.629. The highest BCUT2D eigenvalue weighted by atomic mass is 16.2. The summed E-state index contributed by atoms with van der Waals surface area (Å²) in [7, 11) is 3.39. The van der Waals surface area contributed by atoms with Crippen molar-refractivity contribution in [2.45, 2.75) is 25.8 Å². The highest BCUT2D eigenvalue weighted by molar-refractivity contribution is 6.00. The molecule has 26 heavy (non-hydrogen) atoms. The molecule has 1 aliphatic heterocycles.